The van der Waals surface area contributed by atoms with E-state index in [1.165, 1.54) is 11.8 Å². The number of rotatable bonds is 23. The Morgan fingerprint density at radius 2 is 1.36 bits per heavy atom. The number of ether oxygens (including phenoxy) is 5. The molecule has 7 atom stereocenters. The van der Waals surface area contributed by atoms with Crippen LogP contribution >= 0.6 is 23.5 Å². The molecule has 404 valence electrons. The molecule has 3 aliphatic rings. The minimum Gasteiger partial charge on any atom is -0.464 e. The molecule has 0 spiro atoms. The van der Waals surface area contributed by atoms with Crippen LogP contribution in [0.1, 0.15) is 109 Å². The van der Waals surface area contributed by atoms with E-state index in [9.17, 15) is 24.3 Å². The highest BCUT2D eigenvalue weighted by Crippen LogP contribution is 2.43. The Labute approximate surface area is 448 Å². The van der Waals surface area contributed by atoms with Crippen LogP contribution in [0.5, 0.6) is 0 Å². The van der Waals surface area contributed by atoms with E-state index in [4.69, 9.17) is 28.7 Å². The van der Waals surface area contributed by atoms with Gasteiger partial charge >= 0.3 is 17.9 Å². The van der Waals surface area contributed by atoms with Crippen LogP contribution in [0.2, 0.25) is 0 Å². The summed E-state index contributed by atoms with van der Waals surface area (Å²) in [6, 6.07) is 18.3. The molecule has 7 unspecified atom stereocenters. The van der Waals surface area contributed by atoms with Gasteiger partial charge in [-0.25, -0.2) is 19.4 Å². The number of carbonyl (C=O) groups is 6. The lowest BCUT2D eigenvalue weighted by molar-refractivity contribution is -0.152. The van der Waals surface area contributed by atoms with E-state index in [1.807, 2.05) is 60.7 Å². The fourth-order valence-corrected chi connectivity index (χ4v) is 12.4. The SMILES string of the molecule is C=CC(=O)OCCCSC(C)C(=O)Nc1[nH]c(C=C2N=C(NC(=O)C(C)SC(COC=O)OCO)C(C(=O)OC3C(C)CC(C)CC3C)=C2c2ccccc2)c(-c2ccccc2)c1C(=O)OC1C(C)CC(C)CC1C. The minimum absolute atomic E-state index is 0.00375. The van der Waals surface area contributed by atoms with Gasteiger partial charge in [0.1, 0.15) is 53.8 Å². The minimum atomic E-state index is -0.901. The van der Waals surface area contributed by atoms with Gasteiger partial charge in [0.05, 0.1) is 28.5 Å². The first kappa shape index (κ1) is 58.3. The van der Waals surface area contributed by atoms with Gasteiger partial charge < -0.3 is 44.4 Å². The van der Waals surface area contributed by atoms with E-state index in [0.29, 0.717) is 52.0 Å². The van der Waals surface area contributed by atoms with Gasteiger partial charge in [0.2, 0.25) is 11.8 Å². The van der Waals surface area contributed by atoms with Crippen molar-refractivity contribution >= 4 is 83.0 Å². The van der Waals surface area contributed by atoms with Crippen molar-refractivity contribution < 1.29 is 57.6 Å². The predicted molar refractivity (Wildman–Crippen MR) is 293 cm³/mol. The van der Waals surface area contributed by atoms with Gasteiger partial charge in [-0.2, -0.15) is 0 Å². The molecule has 6 rings (SSSR count). The third-order valence-corrected chi connectivity index (χ3v) is 16.3. The molecule has 0 bridgehead atoms. The maximum absolute atomic E-state index is 15.1. The molecule has 2 fully saturated rings. The summed E-state index contributed by atoms with van der Waals surface area (Å²) in [6.45, 7) is 18.9. The Bertz CT molecular complexity index is 2580. The normalized spacial score (nSPS) is 24.3. The molecule has 16 nitrogen and oxygen atoms in total. The van der Waals surface area contributed by atoms with E-state index in [2.05, 4.69) is 63.7 Å². The third-order valence-electron chi connectivity index (χ3n) is 13.9. The van der Waals surface area contributed by atoms with Crippen molar-refractivity contribution in [2.75, 3.05) is 31.1 Å². The predicted octanol–water partition coefficient (Wildman–Crippen LogP) is 9.61. The number of hydrogen-bond donors (Lipinski definition) is 4. The summed E-state index contributed by atoms with van der Waals surface area (Å²) >= 11 is 2.34. The Morgan fingerprint density at radius 1 is 0.800 bits per heavy atom. The molecule has 18 heteroatoms. The number of esters is 3. The number of allylic oxidation sites excluding steroid dienone is 1. The van der Waals surface area contributed by atoms with Crippen LogP contribution in [0.3, 0.4) is 0 Å². The van der Waals surface area contributed by atoms with Gasteiger partial charge in [0.15, 0.2) is 0 Å². The average Bonchev–Trinajstić information content (AvgIpc) is 3.92. The molecule has 1 aliphatic heterocycles. The number of aromatic nitrogens is 1. The van der Waals surface area contributed by atoms with Gasteiger partial charge in [-0.1, -0.05) is 109 Å². The first-order valence-electron chi connectivity index (χ1n) is 25.7. The maximum atomic E-state index is 15.1. The fourth-order valence-electron chi connectivity index (χ4n) is 10.6. The Hall–Kier alpha value is -5.95. The molecule has 4 N–H and O–H groups in total. The zero-order valence-corrected chi connectivity index (χ0v) is 45.8. The quantitative estimate of drug-likeness (QED) is 0.0174. The largest absolute Gasteiger partial charge is 0.464 e. The standard InChI is InChI=1S/C57H72N4O12S2/c1-10-44(64)70-22-17-23-74-38(8)54(65)60-52-48(56(67)72-50-34(4)24-32(2)25-35(50)5)46(40-18-13-11-14-19-40)42(58-52)28-43-47(41-20-15-12-16-21-41)49(57(68)73-51-36(6)26-33(3)27-37(51)7)53(59-43)61-55(66)39(9)75-45(71-31-63)29-69-30-62/h10-16,18-21,28,30,32-39,45,50-51,58,63H,1,17,22-27,29,31H2,2-9H3,(H,60,65)(H,59,61,66). The first-order chi connectivity index (χ1) is 35.9. The maximum Gasteiger partial charge on any atom is 0.342 e. The van der Waals surface area contributed by atoms with Gasteiger partial charge in [-0.05, 0) is 104 Å². The number of amides is 2. The highest BCUT2D eigenvalue weighted by molar-refractivity contribution is 8.01. The molecule has 1 aromatic heterocycles. The van der Waals surface area contributed by atoms with Crippen LogP contribution < -0.4 is 10.6 Å². The lowest BCUT2D eigenvalue weighted by Gasteiger charge is -2.37. The van der Waals surface area contributed by atoms with Crippen molar-refractivity contribution in [3.63, 3.8) is 0 Å². The summed E-state index contributed by atoms with van der Waals surface area (Å²) in [5, 5.41) is 14.0. The molecule has 0 radical (unpaired) electrons. The van der Waals surface area contributed by atoms with Crippen molar-refractivity contribution in [1.29, 1.82) is 0 Å². The van der Waals surface area contributed by atoms with Gasteiger partial charge in [0, 0.05) is 17.2 Å². The van der Waals surface area contributed by atoms with E-state index < -0.39 is 64.7 Å². The number of aliphatic imine (C=N–C) groups is 1. The number of thioether (sulfide) groups is 2. The number of H-pyrrole nitrogens is 1. The van der Waals surface area contributed by atoms with E-state index in [-0.39, 0.29) is 71.8 Å². The van der Waals surface area contributed by atoms with Crippen molar-refractivity contribution in [2.45, 2.75) is 116 Å². The Balaban J connectivity index is 1.52. The van der Waals surface area contributed by atoms with Crippen LogP contribution in [-0.2, 0) is 47.7 Å². The summed E-state index contributed by atoms with van der Waals surface area (Å²) in [7, 11) is 0. The highest BCUT2D eigenvalue weighted by Gasteiger charge is 2.41. The van der Waals surface area contributed by atoms with Crippen molar-refractivity contribution in [2.24, 2.45) is 40.5 Å². The van der Waals surface area contributed by atoms with Crippen LogP contribution in [0, 0.1) is 35.5 Å². The molecule has 2 heterocycles. The lowest BCUT2D eigenvalue weighted by Crippen LogP contribution is -2.41. The second-order valence-corrected chi connectivity index (χ2v) is 23.0. The molecule has 2 saturated carbocycles. The fraction of sp³-hybridized carbons (Fsp3) is 0.491. The van der Waals surface area contributed by atoms with E-state index in [0.717, 1.165) is 43.5 Å². The summed E-state index contributed by atoms with van der Waals surface area (Å²) in [5.41, 5.74) is 1.69. The van der Waals surface area contributed by atoms with Crippen molar-refractivity contribution in [1.82, 2.24) is 10.3 Å². The summed E-state index contributed by atoms with van der Waals surface area (Å²) < 4.78 is 28.3. The first-order valence-corrected chi connectivity index (χ1v) is 27.7. The van der Waals surface area contributed by atoms with Crippen LogP contribution in [0.4, 0.5) is 5.82 Å². The molecule has 0 saturated heterocycles. The Morgan fingerprint density at radius 3 is 1.92 bits per heavy atom. The van der Waals surface area contributed by atoms with Crippen molar-refractivity contribution in [3.8, 4) is 11.1 Å². The summed E-state index contributed by atoms with van der Waals surface area (Å²) in [5.74, 6) is -1.24. The number of hydrogen-bond acceptors (Lipinski definition) is 15. The molecular weight excluding hydrogens is 997 g/mol. The molecule has 3 aromatic rings. The van der Waals surface area contributed by atoms with E-state index >= 15 is 9.59 Å². The molecular formula is C57H72N4O12S2. The lowest BCUT2D eigenvalue weighted by atomic mass is 9.75. The van der Waals surface area contributed by atoms with E-state index in [1.54, 1.807) is 19.9 Å². The number of amidine groups is 1. The van der Waals surface area contributed by atoms with Gasteiger partial charge in [-0.15, -0.1) is 23.5 Å². The summed E-state index contributed by atoms with van der Waals surface area (Å²) in [6.07, 6.45) is 5.90. The number of aliphatic hydroxyl groups excluding tert-OH is 1. The molecule has 2 aromatic carbocycles. The second-order valence-electron chi connectivity index (χ2n) is 20.1. The second kappa shape index (κ2) is 27.7. The van der Waals surface area contributed by atoms with Crippen molar-refractivity contribution in [3.05, 3.63) is 101 Å². The monoisotopic (exact) mass is 1070 g/mol. The van der Waals surface area contributed by atoms with Crippen LogP contribution in [-0.4, -0.2) is 106 Å². The number of nitrogens with zero attached hydrogens (tertiary/aromatic N) is 1. The number of nitrogens with one attached hydrogen (secondary N) is 3. The van der Waals surface area contributed by atoms with Gasteiger partial charge in [0.25, 0.3) is 6.47 Å². The number of carbonyl (C=O) groups excluding carboxylic acids is 6. The molecule has 2 amide bonds. The number of anilines is 1. The zero-order chi connectivity index (χ0) is 54.3. The zero-order valence-electron chi connectivity index (χ0n) is 44.1. The smallest absolute Gasteiger partial charge is 0.342 e. The Kier molecular flexibility index (Phi) is 21.6. The summed E-state index contributed by atoms with van der Waals surface area (Å²) in [4.78, 5) is 89.6. The molecule has 2 aliphatic carbocycles. The van der Waals surface area contributed by atoms with Crippen LogP contribution in [0.15, 0.2) is 89.6 Å². The third kappa shape index (κ3) is 15.4. The number of benzene rings is 2. The van der Waals surface area contributed by atoms with Crippen LogP contribution in [0.25, 0.3) is 22.8 Å². The molecule has 75 heavy (non-hydrogen) atoms. The number of aliphatic hydroxyl groups is 1. The van der Waals surface area contributed by atoms with Gasteiger partial charge in [-0.3, -0.25) is 14.4 Å². The highest BCUT2D eigenvalue weighted by atomic mass is 32.2. The average molecular weight is 1070 g/mol. The topological polar surface area (TPSA) is 221 Å². The number of aromatic amines is 1.